The molecular formula is C19H30N2O3. The van der Waals surface area contributed by atoms with E-state index in [1.54, 1.807) is 0 Å². The molecule has 0 aliphatic carbocycles. The van der Waals surface area contributed by atoms with Crippen LogP contribution in [0.3, 0.4) is 0 Å². The van der Waals surface area contributed by atoms with Crippen molar-refractivity contribution in [2.24, 2.45) is 0 Å². The van der Waals surface area contributed by atoms with Crippen molar-refractivity contribution in [1.82, 2.24) is 10.2 Å². The molecule has 24 heavy (non-hydrogen) atoms. The van der Waals surface area contributed by atoms with Crippen LogP contribution in [0.2, 0.25) is 0 Å². The molecule has 134 valence electrons. The fraction of sp³-hybridized carbons (Fsp3) is 0.632. The molecular weight excluding hydrogens is 304 g/mol. The molecule has 0 bridgehead atoms. The van der Waals surface area contributed by atoms with Gasteiger partial charge in [-0.3, -0.25) is 9.69 Å². The molecule has 5 heteroatoms. The summed E-state index contributed by atoms with van der Waals surface area (Å²) in [6, 6.07) is 6.02. The third-order valence-electron chi connectivity index (χ3n) is 4.32. The van der Waals surface area contributed by atoms with E-state index in [0.29, 0.717) is 13.0 Å². The Balaban J connectivity index is 1.74. The quantitative estimate of drug-likeness (QED) is 0.741. The summed E-state index contributed by atoms with van der Waals surface area (Å²) >= 11 is 0. The summed E-state index contributed by atoms with van der Waals surface area (Å²) in [4.78, 5) is 14.7. The van der Waals surface area contributed by atoms with Crippen molar-refractivity contribution in [3.8, 4) is 5.75 Å². The minimum atomic E-state index is -0.435. The van der Waals surface area contributed by atoms with E-state index in [0.717, 1.165) is 50.6 Å². The number of rotatable bonds is 8. The monoisotopic (exact) mass is 334 g/mol. The molecule has 1 aliphatic rings. The lowest BCUT2D eigenvalue weighted by molar-refractivity contribution is -0.128. The first kappa shape index (κ1) is 18.7. The smallest absolute Gasteiger partial charge is 0.261 e. The Morgan fingerprint density at radius 3 is 2.75 bits per heavy atom. The number of nitrogens with zero attached hydrogens (tertiary/aromatic N) is 1. The van der Waals surface area contributed by atoms with Gasteiger partial charge in [0.2, 0.25) is 0 Å². The van der Waals surface area contributed by atoms with Crippen molar-refractivity contribution >= 4 is 5.91 Å². The summed E-state index contributed by atoms with van der Waals surface area (Å²) in [5.74, 6) is 0.760. The van der Waals surface area contributed by atoms with Gasteiger partial charge in [-0.2, -0.15) is 0 Å². The number of aryl methyl sites for hydroxylation is 2. The van der Waals surface area contributed by atoms with Gasteiger partial charge in [-0.1, -0.05) is 24.6 Å². The molecule has 1 aromatic rings. The van der Waals surface area contributed by atoms with E-state index in [1.807, 2.05) is 26.0 Å². The minimum Gasteiger partial charge on any atom is -0.480 e. The van der Waals surface area contributed by atoms with Crippen LogP contribution in [0.15, 0.2) is 18.2 Å². The molecule has 1 saturated heterocycles. The highest BCUT2D eigenvalue weighted by Crippen LogP contribution is 2.20. The molecule has 1 aliphatic heterocycles. The van der Waals surface area contributed by atoms with Crippen molar-refractivity contribution in [3.63, 3.8) is 0 Å². The van der Waals surface area contributed by atoms with Crippen molar-refractivity contribution in [2.45, 2.75) is 39.7 Å². The van der Waals surface area contributed by atoms with Gasteiger partial charge in [-0.15, -0.1) is 0 Å². The van der Waals surface area contributed by atoms with E-state index in [4.69, 9.17) is 9.47 Å². The highest BCUT2D eigenvalue weighted by Gasteiger charge is 2.19. The highest BCUT2D eigenvalue weighted by atomic mass is 16.5. The summed E-state index contributed by atoms with van der Waals surface area (Å²) < 4.78 is 11.3. The average Bonchev–Trinajstić information content (AvgIpc) is 2.59. The third-order valence-corrected chi connectivity index (χ3v) is 4.32. The zero-order valence-electron chi connectivity index (χ0n) is 15.1. The van der Waals surface area contributed by atoms with E-state index in [9.17, 15) is 4.79 Å². The predicted molar refractivity (Wildman–Crippen MR) is 95.5 cm³/mol. The SMILES string of the molecule is CC[C@H](Oc1ccc(C)cc1C)C(=O)NCCCN1CCOCC1. The Kier molecular flexibility index (Phi) is 7.53. The number of ether oxygens (including phenoxy) is 2. The molecule has 1 aromatic carbocycles. The van der Waals surface area contributed by atoms with Crippen molar-refractivity contribution in [1.29, 1.82) is 0 Å². The number of hydrogen-bond donors (Lipinski definition) is 1. The fourth-order valence-corrected chi connectivity index (χ4v) is 2.86. The molecule has 0 saturated carbocycles. The van der Waals surface area contributed by atoms with Gasteiger partial charge < -0.3 is 14.8 Å². The van der Waals surface area contributed by atoms with Crippen LogP contribution in [0.25, 0.3) is 0 Å². The Morgan fingerprint density at radius 2 is 2.08 bits per heavy atom. The Hall–Kier alpha value is -1.59. The van der Waals surface area contributed by atoms with Gasteiger partial charge in [0.05, 0.1) is 13.2 Å². The normalized spacial score (nSPS) is 16.6. The summed E-state index contributed by atoms with van der Waals surface area (Å²) in [5.41, 5.74) is 2.26. The van der Waals surface area contributed by atoms with E-state index in [1.165, 1.54) is 5.56 Å². The van der Waals surface area contributed by atoms with Crippen LogP contribution in [0.1, 0.15) is 30.9 Å². The summed E-state index contributed by atoms with van der Waals surface area (Å²) in [6.45, 7) is 11.3. The number of hydrogen-bond acceptors (Lipinski definition) is 4. The summed E-state index contributed by atoms with van der Waals surface area (Å²) in [6.07, 6.45) is 1.17. The zero-order valence-corrected chi connectivity index (χ0v) is 15.1. The van der Waals surface area contributed by atoms with Crippen molar-refractivity contribution in [3.05, 3.63) is 29.3 Å². The molecule has 5 nitrogen and oxygen atoms in total. The minimum absolute atomic E-state index is 0.0283. The largest absolute Gasteiger partial charge is 0.480 e. The molecule has 0 radical (unpaired) electrons. The molecule has 0 aromatic heterocycles. The number of benzene rings is 1. The van der Waals surface area contributed by atoms with Gasteiger partial charge >= 0.3 is 0 Å². The maximum atomic E-state index is 12.3. The van der Waals surface area contributed by atoms with E-state index in [2.05, 4.69) is 23.2 Å². The van der Waals surface area contributed by atoms with Crippen LogP contribution in [0, 0.1) is 13.8 Å². The Bertz CT molecular complexity index is 527. The molecule has 1 heterocycles. The summed E-state index contributed by atoms with van der Waals surface area (Å²) in [7, 11) is 0. The molecule has 1 amide bonds. The lowest BCUT2D eigenvalue weighted by Crippen LogP contribution is -2.41. The average molecular weight is 334 g/mol. The van der Waals surface area contributed by atoms with Gasteiger partial charge in [0.15, 0.2) is 6.10 Å². The van der Waals surface area contributed by atoms with Gasteiger partial charge in [-0.05, 0) is 44.9 Å². The number of nitrogens with one attached hydrogen (secondary N) is 1. The van der Waals surface area contributed by atoms with Crippen LogP contribution in [0.4, 0.5) is 0 Å². The molecule has 1 fully saturated rings. The molecule has 1 atom stereocenters. The second-order valence-corrected chi connectivity index (χ2v) is 6.38. The second-order valence-electron chi connectivity index (χ2n) is 6.38. The van der Waals surface area contributed by atoms with Crippen LogP contribution >= 0.6 is 0 Å². The lowest BCUT2D eigenvalue weighted by Gasteiger charge is -2.26. The molecule has 2 rings (SSSR count). The standard InChI is InChI=1S/C19H30N2O3/c1-4-17(24-18-7-6-15(2)14-16(18)3)19(22)20-8-5-9-21-10-12-23-13-11-21/h6-7,14,17H,4-5,8-13H2,1-3H3,(H,20,22)/t17-/m0/s1. The van der Waals surface area contributed by atoms with Gasteiger partial charge in [0.25, 0.3) is 5.91 Å². The first-order valence-corrected chi connectivity index (χ1v) is 8.92. The molecule has 0 spiro atoms. The Morgan fingerprint density at radius 1 is 1.33 bits per heavy atom. The van der Waals surface area contributed by atoms with Gasteiger partial charge in [0.1, 0.15) is 5.75 Å². The van der Waals surface area contributed by atoms with Crippen molar-refractivity contribution in [2.75, 3.05) is 39.4 Å². The van der Waals surface area contributed by atoms with Crippen LogP contribution in [-0.2, 0) is 9.53 Å². The van der Waals surface area contributed by atoms with E-state index >= 15 is 0 Å². The number of amides is 1. The number of carbonyl (C=O) groups is 1. The first-order chi connectivity index (χ1) is 11.6. The maximum absolute atomic E-state index is 12.3. The lowest BCUT2D eigenvalue weighted by atomic mass is 10.1. The van der Waals surface area contributed by atoms with Gasteiger partial charge in [0, 0.05) is 19.6 Å². The predicted octanol–water partition coefficient (Wildman–Crippen LogP) is 2.30. The van der Waals surface area contributed by atoms with Crippen LogP contribution in [-0.4, -0.2) is 56.3 Å². The Labute approximate surface area is 145 Å². The van der Waals surface area contributed by atoms with E-state index < -0.39 is 6.10 Å². The van der Waals surface area contributed by atoms with Crippen LogP contribution < -0.4 is 10.1 Å². The third kappa shape index (κ3) is 5.80. The van der Waals surface area contributed by atoms with E-state index in [-0.39, 0.29) is 5.91 Å². The second kappa shape index (κ2) is 9.64. The topological polar surface area (TPSA) is 50.8 Å². The van der Waals surface area contributed by atoms with Crippen LogP contribution in [0.5, 0.6) is 5.75 Å². The number of carbonyl (C=O) groups excluding carboxylic acids is 1. The molecule has 1 N–H and O–H groups in total. The van der Waals surface area contributed by atoms with Crippen molar-refractivity contribution < 1.29 is 14.3 Å². The highest BCUT2D eigenvalue weighted by molar-refractivity contribution is 5.81. The van der Waals surface area contributed by atoms with Gasteiger partial charge in [-0.25, -0.2) is 0 Å². The first-order valence-electron chi connectivity index (χ1n) is 8.92. The number of morpholine rings is 1. The zero-order chi connectivity index (χ0) is 17.4. The molecule has 0 unspecified atom stereocenters. The summed E-state index contributed by atoms with van der Waals surface area (Å²) in [5, 5.41) is 3.00. The fourth-order valence-electron chi connectivity index (χ4n) is 2.86. The maximum Gasteiger partial charge on any atom is 0.261 e.